The van der Waals surface area contributed by atoms with Crippen molar-refractivity contribution in [1.29, 1.82) is 0 Å². The number of nitrogens with zero attached hydrogens (tertiary/aromatic N) is 1. The zero-order valence-electron chi connectivity index (χ0n) is 12.4. The van der Waals surface area contributed by atoms with E-state index in [1.54, 1.807) is 7.11 Å². The van der Waals surface area contributed by atoms with Gasteiger partial charge in [0.05, 0.1) is 6.10 Å². The molecule has 0 bridgehead atoms. The number of ether oxygens (including phenoxy) is 1. The van der Waals surface area contributed by atoms with Gasteiger partial charge in [-0.1, -0.05) is 31.2 Å². The molecule has 1 aromatic carbocycles. The first kappa shape index (κ1) is 14.8. The van der Waals surface area contributed by atoms with Crippen LogP contribution in [0.2, 0.25) is 0 Å². The van der Waals surface area contributed by atoms with Crippen molar-refractivity contribution in [3.05, 3.63) is 36.0 Å². The van der Waals surface area contributed by atoms with Crippen LogP contribution in [0.3, 0.4) is 0 Å². The van der Waals surface area contributed by atoms with Crippen molar-refractivity contribution in [2.45, 2.75) is 26.5 Å². The number of nitrogens with one attached hydrogen (secondary N) is 2. The van der Waals surface area contributed by atoms with E-state index >= 15 is 0 Å². The van der Waals surface area contributed by atoms with Crippen molar-refractivity contribution in [2.75, 3.05) is 25.5 Å². The number of rotatable bonds is 7. The largest absolute Gasteiger partial charge is 0.380 e. The van der Waals surface area contributed by atoms with Crippen LogP contribution < -0.4 is 10.6 Å². The highest BCUT2D eigenvalue weighted by molar-refractivity contribution is 5.94. The molecule has 1 atom stereocenters. The van der Waals surface area contributed by atoms with Crippen LogP contribution in [0.1, 0.15) is 19.4 Å². The average Bonchev–Trinajstić information content (AvgIpc) is 2.50. The Bertz CT molecular complexity index is 556. The molecule has 0 aliphatic rings. The first-order chi connectivity index (χ1) is 9.76. The first-order valence-corrected chi connectivity index (χ1v) is 7.10. The number of hydrogen-bond donors (Lipinski definition) is 2. The van der Waals surface area contributed by atoms with Crippen molar-refractivity contribution < 1.29 is 4.74 Å². The van der Waals surface area contributed by atoms with Gasteiger partial charge in [-0.2, -0.15) is 0 Å². The topological polar surface area (TPSA) is 46.2 Å². The second-order valence-electron chi connectivity index (χ2n) is 4.89. The van der Waals surface area contributed by atoms with Gasteiger partial charge in [0.2, 0.25) is 0 Å². The molecule has 0 aliphatic carbocycles. The van der Waals surface area contributed by atoms with Crippen LogP contribution in [0.5, 0.6) is 0 Å². The summed E-state index contributed by atoms with van der Waals surface area (Å²) in [4.78, 5) is 4.56. The van der Waals surface area contributed by atoms with E-state index in [4.69, 9.17) is 4.74 Å². The fraction of sp³-hybridized carbons (Fsp3) is 0.438. The monoisotopic (exact) mass is 273 g/mol. The summed E-state index contributed by atoms with van der Waals surface area (Å²) in [5, 5.41) is 9.13. The van der Waals surface area contributed by atoms with Gasteiger partial charge in [0, 0.05) is 31.8 Å². The minimum Gasteiger partial charge on any atom is -0.380 e. The summed E-state index contributed by atoms with van der Waals surface area (Å²) in [6.45, 7) is 6.70. The highest BCUT2D eigenvalue weighted by Crippen LogP contribution is 2.24. The third-order valence-electron chi connectivity index (χ3n) is 3.40. The second kappa shape index (κ2) is 7.22. The van der Waals surface area contributed by atoms with Gasteiger partial charge in [0.25, 0.3) is 0 Å². The Hall–Kier alpha value is -1.65. The van der Waals surface area contributed by atoms with Crippen molar-refractivity contribution in [3.63, 3.8) is 0 Å². The summed E-state index contributed by atoms with van der Waals surface area (Å²) >= 11 is 0. The fourth-order valence-corrected chi connectivity index (χ4v) is 2.12. The van der Waals surface area contributed by atoms with Crippen molar-refractivity contribution in [1.82, 2.24) is 10.3 Å². The van der Waals surface area contributed by atoms with E-state index in [1.807, 2.05) is 19.2 Å². The normalized spacial score (nSPS) is 12.6. The summed E-state index contributed by atoms with van der Waals surface area (Å²) in [6, 6.07) is 8.37. The van der Waals surface area contributed by atoms with Crippen LogP contribution >= 0.6 is 0 Å². The maximum atomic E-state index is 5.26. The van der Waals surface area contributed by atoms with E-state index in [0.29, 0.717) is 0 Å². The smallest absolute Gasteiger partial charge is 0.133 e. The third kappa shape index (κ3) is 3.46. The minimum absolute atomic E-state index is 0.164. The van der Waals surface area contributed by atoms with Gasteiger partial charge in [-0.25, -0.2) is 4.98 Å². The zero-order chi connectivity index (χ0) is 14.4. The Kier molecular flexibility index (Phi) is 5.32. The maximum absolute atomic E-state index is 5.26. The van der Waals surface area contributed by atoms with Crippen molar-refractivity contribution in [3.8, 4) is 0 Å². The first-order valence-electron chi connectivity index (χ1n) is 7.10. The van der Waals surface area contributed by atoms with E-state index in [-0.39, 0.29) is 6.10 Å². The van der Waals surface area contributed by atoms with Gasteiger partial charge in [-0.05, 0) is 24.4 Å². The van der Waals surface area contributed by atoms with Crippen LogP contribution in [-0.4, -0.2) is 31.3 Å². The molecule has 4 heteroatoms. The van der Waals surface area contributed by atoms with Gasteiger partial charge in [0.1, 0.15) is 5.82 Å². The molecule has 0 radical (unpaired) electrons. The zero-order valence-corrected chi connectivity index (χ0v) is 12.4. The van der Waals surface area contributed by atoms with Crippen LogP contribution in [0.4, 0.5) is 5.82 Å². The average molecular weight is 273 g/mol. The third-order valence-corrected chi connectivity index (χ3v) is 3.40. The van der Waals surface area contributed by atoms with Crippen molar-refractivity contribution >= 4 is 16.6 Å². The Labute approximate surface area is 120 Å². The highest BCUT2D eigenvalue weighted by Gasteiger charge is 2.07. The van der Waals surface area contributed by atoms with E-state index in [1.165, 1.54) is 10.9 Å². The molecule has 1 unspecified atom stereocenters. The molecule has 0 amide bonds. The van der Waals surface area contributed by atoms with E-state index in [2.05, 4.69) is 40.7 Å². The summed E-state index contributed by atoms with van der Waals surface area (Å²) in [7, 11) is 1.72. The minimum atomic E-state index is 0.164. The lowest BCUT2D eigenvalue weighted by Crippen LogP contribution is -2.19. The predicted octanol–water partition coefficient (Wildman–Crippen LogP) is 2.79. The van der Waals surface area contributed by atoms with Gasteiger partial charge in [0.15, 0.2) is 0 Å². The summed E-state index contributed by atoms with van der Waals surface area (Å²) in [5.41, 5.74) is 1.23. The Morgan fingerprint density at radius 2 is 2.00 bits per heavy atom. The molecule has 0 saturated heterocycles. The lowest BCUT2D eigenvalue weighted by molar-refractivity contribution is 0.128. The molecule has 2 aromatic rings. The number of aromatic nitrogens is 1. The molecular formula is C16H23N3O. The van der Waals surface area contributed by atoms with E-state index in [9.17, 15) is 0 Å². The second-order valence-corrected chi connectivity index (χ2v) is 4.89. The summed E-state index contributed by atoms with van der Waals surface area (Å²) in [6.07, 6.45) is 2.11. The SMILES string of the molecule is CCNCc1cnc(NCC(C)OC)c2ccccc12. The summed E-state index contributed by atoms with van der Waals surface area (Å²) in [5.74, 6) is 0.921. The number of hydrogen-bond acceptors (Lipinski definition) is 4. The molecular weight excluding hydrogens is 250 g/mol. The van der Waals surface area contributed by atoms with Gasteiger partial charge >= 0.3 is 0 Å². The van der Waals surface area contributed by atoms with Gasteiger partial charge in [-0.3, -0.25) is 0 Å². The molecule has 0 fully saturated rings. The molecule has 0 aliphatic heterocycles. The molecule has 2 rings (SSSR count). The van der Waals surface area contributed by atoms with Crippen LogP contribution in [0, 0.1) is 0 Å². The standard InChI is InChI=1S/C16H23N3O/c1-4-17-10-13-11-19-16(18-9-12(2)20-3)15-8-6-5-7-14(13)15/h5-8,11-12,17H,4,9-10H2,1-3H3,(H,18,19). The molecule has 108 valence electrons. The van der Waals surface area contributed by atoms with E-state index < -0.39 is 0 Å². The van der Waals surface area contributed by atoms with Crippen LogP contribution in [0.25, 0.3) is 10.8 Å². The highest BCUT2D eigenvalue weighted by atomic mass is 16.5. The molecule has 1 heterocycles. The van der Waals surface area contributed by atoms with Crippen LogP contribution in [-0.2, 0) is 11.3 Å². The maximum Gasteiger partial charge on any atom is 0.133 e. The van der Waals surface area contributed by atoms with E-state index in [0.717, 1.165) is 30.8 Å². The Balaban J connectivity index is 2.28. The molecule has 2 N–H and O–H groups in total. The molecule has 20 heavy (non-hydrogen) atoms. The lowest BCUT2D eigenvalue weighted by Gasteiger charge is -2.14. The Morgan fingerprint density at radius 1 is 1.25 bits per heavy atom. The van der Waals surface area contributed by atoms with Crippen LogP contribution in [0.15, 0.2) is 30.5 Å². The molecule has 0 saturated carbocycles. The number of benzene rings is 1. The lowest BCUT2D eigenvalue weighted by atomic mass is 10.1. The van der Waals surface area contributed by atoms with Crippen molar-refractivity contribution in [2.24, 2.45) is 0 Å². The Morgan fingerprint density at radius 3 is 2.70 bits per heavy atom. The summed E-state index contributed by atoms with van der Waals surface area (Å²) < 4.78 is 5.26. The number of methoxy groups -OCH3 is 1. The molecule has 1 aromatic heterocycles. The number of fused-ring (bicyclic) bond motifs is 1. The fourth-order valence-electron chi connectivity index (χ4n) is 2.12. The quantitative estimate of drug-likeness (QED) is 0.814. The molecule has 4 nitrogen and oxygen atoms in total. The molecule has 0 spiro atoms. The van der Waals surface area contributed by atoms with Gasteiger partial charge in [-0.15, -0.1) is 0 Å². The predicted molar refractivity (Wildman–Crippen MR) is 84.1 cm³/mol. The number of pyridine rings is 1. The van der Waals surface area contributed by atoms with Gasteiger partial charge < -0.3 is 15.4 Å². The number of anilines is 1.